The molecule has 0 bridgehead atoms. The first-order valence-electron chi connectivity index (χ1n) is 6.06. The summed E-state index contributed by atoms with van der Waals surface area (Å²) in [5, 5.41) is 2.14. The maximum Gasteiger partial charge on any atom is 0.413 e. The minimum Gasteiger partial charge on any atom is -0.453 e. The summed E-state index contributed by atoms with van der Waals surface area (Å²) < 4.78 is 4.38. The van der Waals surface area contributed by atoms with Gasteiger partial charge in [-0.15, -0.1) is 0 Å². The van der Waals surface area contributed by atoms with Crippen LogP contribution >= 0.6 is 0 Å². The number of benzene rings is 1. The number of carbonyl (C=O) groups excluding carboxylic acids is 2. The Kier molecular flexibility index (Phi) is 4.01. The molecule has 0 unspecified atom stereocenters. The van der Waals surface area contributed by atoms with E-state index in [2.05, 4.69) is 16.1 Å². The number of nitrogens with one attached hydrogen (secondary N) is 1. The second kappa shape index (κ2) is 5.71. The Hall–Kier alpha value is -2.08. The molecule has 19 heavy (non-hydrogen) atoms. The maximum atomic E-state index is 11.6. The number of ether oxygens (including phenoxy) is 1. The van der Waals surface area contributed by atoms with E-state index < -0.39 is 6.09 Å². The van der Waals surface area contributed by atoms with Gasteiger partial charge in [-0.05, 0) is 23.6 Å². The molecule has 0 radical (unpaired) electrons. The van der Waals surface area contributed by atoms with Crippen molar-refractivity contribution < 1.29 is 14.3 Å². The number of methoxy groups -OCH3 is 1. The number of anilines is 1. The van der Waals surface area contributed by atoms with Gasteiger partial charge in [-0.2, -0.15) is 0 Å². The average molecular weight is 263 g/mol. The summed E-state index contributed by atoms with van der Waals surface area (Å²) in [5.41, 5.74) is 8.98. The number of alkyl carbamates (subject to hydrolysis) is 1. The predicted molar refractivity (Wildman–Crippen MR) is 70.4 cm³/mol. The Morgan fingerprint density at radius 3 is 3.00 bits per heavy atom. The smallest absolute Gasteiger partial charge is 0.413 e. The largest absolute Gasteiger partial charge is 0.453 e. The van der Waals surface area contributed by atoms with Crippen LogP contribution in [0.3, 0.4) is 0 Å². The van der Waals surface area contributed by atoms with E-state index in [1.807, 2.05) is 17.0 Å². The zero-order valence-corrected chi connectivity index (χ0v) is 10.8. The highest BCUT2D eigenvalue weighted by molar-refractivity contribution is 5.92. The molecule has 1 aliphatic heterocycles. The van der Waals surface area contributed by atoms with Gasteiger partial charge in [-0.1, -0.05) is 12.1 Å². The van der Waals surface area contributed by atoms with Gasteiger partial charge >= 0.3 is 6.09 Å². The zero-order valence-electron chi connectivity index (χ0n) is 10.8. The van der Waals surface area contributed by atoms with Gasteiger partial charge in [-0.25, -0.2) is 4.79 Å². The lowest BCUT2D eigenvalue weighted by Crippen LogP contribution is -2.42. The fourth-order valence-electron chi connectivity index (χ4n) is 2.21. The van der Waals surface area contributed by atoms with Gasteiger partial charge in [0, 0.05) is 18.8 Å². The van der Waals surface area contributed by atoms with Crippen molar-refractivity contribution in [2.75, 3.05) is 25.9 Å². The molecule has 2 rings (SSSR count). The van der Waals surface area contributed by atoms with Crippen molar-refractivity contribution in [3.8, 4) is 0 Å². The molecule has 1 aromatic carbocycles. The number of hydrogen-bond donors (Lipinski definition) is 2. The van der Waals surface area contributed by atoms with Crippen LogP contribution in [0.1, 0.15) is 11.1 Å². The lowest BCUT2D eigenvalue weighted by molar-refractivity contribution is -0.121. The van der Waals surface area contributed by atoms with E-state index in [1.165, 1.54) is 12.7 Å². The van der Waals surface area contributed by atoms with E-state index in [4.69, 9.17) is 5.73 Å². The van der Waals surface area contributed by atoms with Crippen LogP contribution in [0.2, 0.25) is 0 Å². The molecule has 6 nitrogen and oxygen atoms in total. The second-order valence-corrected chi connectivity index (χ2v) is 4.49. The number of imide groups is 1. The Balaban J connectivity index is 1.97. The van der Waals surface area contributed by atoms with Crippen molar-refractivity contribution in [3.05, 3.63) is 29.3 Å². The molecule has 1 aliphatic rings. The van der Waals surface area contributed by atoms with Crippen molar-refractivity contribution in [2.45, 2.75) is 13.0 Å². The van der Waals surface area contributed by atoms with Crippen LogP contribution in [0, 0.1) is 0 Å². The highest BCUT2D eigenvalue weighted by Gasteiger charge is 2.20. The molecule has 0 saturated carbocycles. The third kappa shape index (κ3) is 3.23. The minimum absolute atomic E-state index is 0.156. The summed E-state index contributed by atoms with van der Waals surface area (Å²) in [5.74, 6) is -0.371. The van der Waals surface area contributed by atoms with Gasteiger partial charge < -0.3 is 10.5 Å². The van der Waals surface area contributed by atoms with E-state index in [9.17, 15) is 9.59 Å². The van der Waals surface area contributed by atoms with E-state index >= 15 is 0 Å². The first-order chi connectivity index (χ1) is 9.10. The van der Waals surface area contributed by atoms with E-state index in [0.29, 0.717) is 6.54 Å². The summed E-state index contributed by atoms with van der Waals surface area (Å²) in [6, 6.07) is 5.85. The molecule has 3 N–H and O–H groups in total. The first-order valence-corrected chi connectivity index (χ1v) is 6.06. The molecule has 0 aromatic heterocycles. The van der Waals surface area contributed by atoms with Gasteiger partial charge in [0.25, 0.3) is 0 Å². The topological polar surface area (TPSA) is 84.7 Å². The lowest BCUT2D eigenvalue weighted by atomic mass is 9.98. The highest BCUT2D eigenvalue weighted by atomic mass is 16.5. The molecule has 0 atom stereocenters. The summed E-state index contributed by atoms with van der Waals surface area (Å²) in [4.78, 5) is 24.5. The molecule has 0 spiro atoms. The quantitative estimate of drug-likeness (QED) is 0.759. The molecule has 2 amide bonds. The first kappa shape index (κ1) is 13.4. The Labute approximate surface area is 111 Å². The van der Waals surface area contributed by atoms with E-state index in [0.717, 1.165) is 24.2 Å². The molecule has 6 heteroatoms. The summed E-state index contributed by atoms with van der Waals surface area (Å²) in [6.07, 6.45) is 0.119. The van der Waals surface area contributed by atoms with Crippen molar-refractivity contribution >= 4 is 17.7 Å². The van der Waals surface area contributed by atoms with Crippen molar-refractivity contribution in [1.82, 2.24) is 10.2 Å². The molecule has 0 fully saturated rings. The maximum absolute atomic E-state index is 11.6. The van der Waals surface area contributed by atoms with Crippen LogP contribution in [0.4, 0.5) is 10.5 Å². The highest BCUT2D eigenvalue weighted by Crippen LogP contribution is 2.23. The number of nitrogens with zero attached hydrogens (tertiary/aromatic N) is 1. The molecule has 0 saturated heterocycles. The standard InChI is InChI=1S/C13H17N3O3/c1-19-13(18)15-12(17)8-16-6-5-9-3-2-4-11(14)10(9)7-16/h2-4H,5-8,14H2,1H3,(H,15,17,18). The molecule has 1 aromatic rings. The third-order valence-electron chi connectivity index (χ3n) is 3.18. The van der Waals surface area contributed by atoms with E-state index in [1.54, 1.807) is 0 Å². The van der Waals surface area contributed by atoms with Gasteiger partial charge in [0.1, 0.15) is 0 Å². The van der Waals surface area contributed by atoms with Crippen LogP contribution in [0.25, 0.3) is 0 Å². The zero-order chi connectivity index (χ0) is 13.8. The molecule has 0 aliphatic carbocycles. The summed E-state index contributed by atoms with van der Waals surface area (Å²) >= 11 is 0. The molecular formula is C13H17N3O3. The number of amides is 2. The summed E-state index contributed by atoms with van der Waals surface area (Å²) in [6.45, 7) is 1.55. The van der Waals surface area contributed by atoms with Gasteiger partial charge in [-0.3, -0.25) is 15.0 Å². The van der Waals surface area contributed by atoms with Gasteiger partial charge in [0.15, 0.2) is 0 Å². The third-order valence-corrected chi connectivity index (χ3v) is 3.18. The Morgan fingerprint density at radius 2 is 2.26 bits per heavy atom. The van der Waals surface area contributed by atoms with Crippen molar-refractivity contribution in [2.24, 2.45) is 0 Å². The number of hydrogen-bond acceptors (Lipinski definition) is 5. The molecule has 102 valence electrons. The van der Waals surface area contributed by atoms with Crippen molar-refractivity contribution in [3.63, 3.8) is 0 Å². The van der Waals surface area contributed by atoms with Crippen LogP contribution in [0.15, 0.2) is 18.2 Å². The lowest BCUT2D eigenvalue weighted by Gasteiger charge is -2.28. The monoisotopic (exact) mass is 263 g/mol. The number of nitrogen functional groups attached to an aromatic ring is 1. The number of carbonyl (C=O) groups is 2. The van der Waals surface area contributed by atoms with Gasteiger partial charge in [0.2, 0.25) is 5.91 Å². The van der Waals surface area contributed by atoms with Crippen LogP contribution in [-0.4, -0.2) is 37.1 Å². The SMILES string of the molecule is COC(=O)NC(=O)CN1CCc2cccc(N)c2C1. The average Bonchev–Trinajstić information content (AvgIpc) is 2.39. The van der Waals surface area contributed by atoms with Crippen LogP contribution in [0.5, 0.6) is 0 Å². The number of nitrogens with two attached hydrogens (primary N) is 1. The summed E-state index contributed by atoms with van der Waals surface area (Å²) in [7, 11) is 1.22. The Bertz CT molecular complexity index is 502. The Morgan fingerprint density at radius 1 is 1.47 bits per heavy atom. The fraction of sp³-hybridized carbons (Fsp3) is 0.385. The molecular weight excluding hydrogens is 246 g/mol. The normalized spacial score (nSPS) is 14.6. The second-order valence-electron chi connectivity index (χ2n) is 4.49. The molecule has 1 heterocycles. The minimum atomic E-state index is -0.734. The van der Waals surface area contributed by atoms with Crippen molar-refractivity contribution in [1.29, 1.82) is 0 Å². The number of fused-ring (bicyclic) bond motifs is 1. The van der Waals surface area contributed by atoms with Gasteiger partial charge in [0.05, 0.1) is 13.7 Å². The van der Waals surface area contributed by atoms with Crippen LogP contribution < -0.4 is 11.1 Å². The fourth-order valence-corrected chi connectivity index (χ4v) is 2.21. The predicted octanol–water partition coefficient (Wildman–Crippen LogP) is 0.509. The van der Waals surface area contributed by atoms with E-state index in [-0.39, 0.29) is 12.5 Å². The van der Waals surface area contributed by atoms with Crippen LogP contribution in [-0.2, 0) is 22.5 Å². The number of rotatable bonds is 2.